The van der Waals surface area contributed by atoms with Crippen LogP contribution in [0, 0.1) is 5.92 Å². The molecule has 6 nitrogen and oxygen atoms in total. The third-order valence-corrected chi connectivity index (χ3v) is 14.9. The normalized spacial score (nSPS) is 12.3. The molecule has 0 aliphatic heterocycles. The highest BCUT2D eigenvalue weighted by atomic mass is 16.6. The maximum Gasteiger partial charge on any atom is 0.306 e. The summed E-state index contributed by atoms with van der Waals surface area (Å²) < 4.78 is 16.9. The van der Waals surface area contributed by atoms with E-state index in [0.29, 0.717) is 19.3 Å². The average Bonchev–Trinajstić information content (AvgIpc) is 3.35. The molecule has 0 fully saturated rings. The zero-order valence-electron chi connectivity index (χ0n) is 47.3. The number of carbonyl (C=O) groups is 3. The van der Waals surface area contributed by atoms with E-state index in [9.17, 15) is 14.4 Å². The van der Waals surface area contributed by atoms with Crippen LogP contribution in [-0.4, -0.2) is 37.2 Å². The molecule has 0 saturated heterocycles. The summed E-state index contributed by atoms with van der Waals surface area (Å²) in [5, 5.41) is 0. The Morgan fingerprint density at radius 3 is 0.754 bits per heavy atom. The maximum absolute atomic E-state index is 12.9. The molecule has 0 aromatic rings. The van der Waals surface area contributed by atoms with Gasteiger partial charge < -0.3 is 14.2 Å². The fraction of sp³-hybridized carbons (Fsp3) is 0.952. The minimum Gasteiger partial charge on any atom is -0.462 e. The molecule has 0 rings (SSSR count). The zero-order valence-corrected chi connectivity index (χ0v) is 47.3. The highest BCUT2D eigenvalue weighted by Gasteiger charge is 2.19. The van der Waals surface area contributed by atoms with Gasteiger partial charge in [-0.2, -0.15) is 0 Å². The molecule has 0 bridgehead atoms. The number of rotatable bonds is 58. The van der Waals surface area contributed by atoms with Gasteiger partial charge in [-0.05, 0) is 25.2 Å². The predicted octanol–water partition coefficient (Wildman–Crippen LogP) is 21.0. The van der Waals surface area contributed by atoms with Crippen LogP contribution >= 0.6 is 0 Å². The number of hydrogen-bond acceptors (Lipinski definition) is 6. The van der Waals surface area contributed by atoms with E-state index in [4.69, 9.17) is 14.2 Å². The van der Waals surface area contributed by atoms with Gasteiger partial charge in [-0.3, -0.25) is 14.4 Å². The minimum atomic E-state index is -0.762. The highest BCUT2D eigenvalue weighted by Crippen LogP contribution is 2.19. The van der Waals surface area contributed by atoms with Crippen molar-refractivity contribution >= 4 is 17.9 Å². The van der Waals surface area contributed by atoms with Crippen LogP contribution in [0.5, 0.6) is 0 Å². The standard InChI is InChI=1S/C63H122O6/c1-5-8-10-12-14-16-18-20-22-23-24-25-26-32-36-40-44-48-52-56-63(66)69-60(57-67-61(64)54-50-46-42-38-34-30-21-19-17-15-13-11-9-6-2)58-68-62(65)55-51-47-43-39-35-31-28-27-29-33-37-41-45-49-53-59(4)7-3/h59-60H,5-58H2,1-4H3/t59?,60-/m1/s1. The van der Waals surface area contributed by atoms with E-state index in [-0.39, 0.29) is 31.1 Å². The topological polar surface area (TPSA) is 78.9 Å². The van der Waals surface area contributed by atoms with Gasteiger partial charge in [0.25, 0.3) is 0 Å². The Morgan fingerprint density at radius 1 is 0.290 bits per heavy atom. The summed E-state index contributed by atoms with van der Waals surface area (Å²) in [4.78, 5) is 38.3. The molecule has 0 saturated carbocycles. The number of hydrogen-bond donors (Lipinski definition) is 0. The Morgan fingerprint density at radius 2 is 0.507 bits per heavy atom. The molecule has 410 valence electrons. The van der Waals surface area contributed by atoms with Crippen LogP contribution in [0.1, 0.15) is 362 Å². The molecule has 2 atom stereocenters. The van der Waals surface area contributed by atoms with Crippen LogP contribution in [-0.2, 0) is 28.6 Å². The van der Waals surface area contributed by atoms with Crippen LogP contribution in [0.25, 0.3) is 0 Å². The zero-order chi connectivity index (χ0) is 50.2. The summed E-state index contributed by atoms with van der Waals surface area (Å²) >= 11 is 0. The van der Waals surface area contributed by atoms with Gasteiger partial charge in [0.05, 0.1) is 0 Å². The van der Waals surface area contributed by atoms with Crippen LogP contribution < -0.4 is 0 Å². The number of ether oxygens (including phenoxy) is 3. The molecule has 0 amide bonds. The lowest BCUT2D eigenvalue weighted by Gasteiger charge is -2.18. The molecule has 1 unspecified atom stereocenters. The fourth-order valence-corrected chi connectivity index (χ4v) is 9.78. The Balaban J connectivity index is 4.28. The summed E-state index contributed by atoms with van der Waals surface area (Å²) in [6.07, 6.45) is 63.8. The Hall–Kier alpha value is -1.59. The minimum absolute atomic E-state index is 0.0613. The van der Waals surface area contributed by atoms with Crippen molar-refractivity contribution in [2.75, 3.05) is 13.2 Å². The lowest BCUT2D eigenvalue weighted by Crippen LogP contribution is -2.30. The number of unbranched alkanes of at least 4 members (excludes halogenated alkanes) is 44. The van der Waals surface area contributed by atoms with E-state index >= 15 is 0 Å². The van der Waals surface area contributed by atoms with Crippen molar-refractivity contribution in [1.29, 1.82) is 0 Å². The molecule has 0 radical (unpaired) electrons. The Bertz CT molecular complexity index is 1040. The second-order valence-corrected chi connectivity index (χ2v) is 21.9. The monoisotopic (exact) mass is 975 g/mol. The summed E-state index contributed by atoms with van der Waals surface area (Å²) in [6, 6.07) is 0. The van der Waals surface area contributed by atoms with Crippen molar-refractivity contribution in [3.05, 3.63) is 0 Å². The van der Waals surface area contributed by atoms with Crippen molar-refractivity contribution in [3.63, 3.8) is 0 Å². The van der Waals surface area contributed by atoms with Gasteiger partial charge in [0.15, 0.2) is 6.10 Å². The SMILES string of the molecule is CCCCCCCCCCCCCCCCCCCCCC(=O)O[C@H](COC(=O)CCCCCCCCCCCCCCCC)COC(=O)CCCCCCCCCCCCCCCCC(C)CC. The maximum atomic E-state index is 12.9. The summed E-state index contributed by atoms with van der Waals surface area (Å²) in [5.41, 5.74) is 0. The third-order valence-electron chi connectivity index (χ3n) is 14.9. The summed E-state index contributed by atoms with van der Waals surface area (Å²) in [6.45, 7) is 9.12. The van der Waals surface area contributed by atoms with Crippen LogP contribution in [0.2, 0.25) is 0 Å². The molecule has 0 N–H and O–H groups in total. The van der Waals surface area contributed by atoms with Gasteiger partial charge in [0.2, 0.25) is 0 Å². The molecule has 0 spiro atoms. The van der Waals surface area contributed by atoms with Crippen LogP contribution in [0.15, 0.2) is 0 Å². The first-order chi connectivity index (χ1) is 33.9. The second-order valence-electron chi connectivity index (χ2n) is 21.9. The van der Waals surface area contributed by atoms with E-state index in [1.807, 2.05) is 0 Å². The number of esters is 3. The van der Waals surface area contributed by atoms with E-state index in [2.05, 4.69) is 27.7 Å². The van der Waals surface area contributed by atoms with Crippen molar-refractivity contribution in [2.24, 2.45) is 5.92 Å². The van der Waals surface area contributed by atoms with Crippen molar-refractivity contribution in [3.8, 4) is 0 Å². The van der Waals surface area contributed by atoms with Gasteiger partial charge in [-0.25, -0.2) is 0 Å². The van der Waals surface area contributed by atoms with Gasteiger partial charge in [-0.15, -0.1) is 0 Å². The lowest BCUT2D eigenvalue weighted by atomic mass is 9.99. The Labute approximate surface area is 431 Å². The fourth-order valence-electron chi connectivity index (χ4n) is 9.78. The van der Waals surface area contributed by atoms with E-state index in [1.165, 1.54) is 257 Å². The summed E-state index contributed by atoms with van der Waals surface area (Å²) in [5.74, 6) is 0.0668. The predicted molar refractivity (Wildman–Crippen MR) is 298 cm³/mol. The van der Waals surface area contributed by atoms with Crippen molar-refractivity contribution in [2.45, 2.75) is 368 Å². The molecule has 0 aliphatic carbocycles. The van der Waals surface area contributed by atoms with E-state index < -0.39 is 6.10 Å². The van der Waals surface area contributed by atoms with Gasteiger partial charge in [-0.1, -0.05) is 323 Å². The first-order valence-corrected chi connectivity index (χ1v) is 31.4. The molecular formula is C63H122O6. The van der Waals surface area contributed by atoms with Gasteiger partial charge in [0, 0.05) is 19.3 Å². The summed E-state index contributed by atoms with van der Waals surface area (Å²) in [7, 11) is 0. The van der Waals surface area contributed by atoms with E-state index in [0.717, 1.165) is 63.7 Å². The average molecular weight is 976 g/mol. The lowest BCUT2D eigenvalue weighted by molar-refractivity contribution is -0.167. The molecule has 69 heavy (non-hydrogen) atoms. The molecule has 0 heterocycles. The Kier molecular flexibility index (Phi) is 56.0. The molecule has 0 aromatic carbocycles. The second kappa shape index (κ2) is 57.3. The molecular weight excluding hydrogens is 853 g/mol. The first-order valence-electron chi connectivity index (χ1n) is 31.4. The largest absolute Gasteiger partial charge is 0.462 e. The van der Waals surface area contributed by atoms with Crippen molar-refractivity contribution in [1.82, 2.24) is 0 Å². The molecule has 0 aliphatic rings. The molecule has 0 aromatic heterocycles. The van der Waals surface area contributed by atoms with Gasteiger partial charge >= 0.3 is 17.9 Å². The van der Waals surface area contributed by atoms with E-state index in [1.54, 1.807) is 0 Å². The van der Waals surface area contributed by atoms with Crippen LogP contribution in [0.3, 0.4) is 0 Å². The number of carbonyl (C=O) groups excluding carboxylic acids is 3. The third kappa shape index (κ3) is 55.6. The highest BCUT2D eigenvalue weighted by molar-refractivity contribution is 5.71. The quantitative estimate of drug-likeness (QED) is 0.0343. The van der Waals surface area contributed by atoms with Crippen LogP contribution in [0.4, 0.5) is 0 Å². The van der Waals surface area contributed by atoms with Crippen molar-refractivity contribution < 1.29 is 28.6 Å². The first kappa shape index (κ1) is 67.4. The smallest absolute Gasteiger partial charge is 0.306 e. The van der Waals surface area contributed by atoms with Gasteiger partial charge in [0.1, 0.15) is 13.2 Å². The molecule has 6 heteroatoms.